The summed E-state index contributed by atoms with van der Waals surface area (Å²) in [5, 5.41) is 29.8. The van der Waals surface area contributed by atoms with Gasteiger partial charge in [-0.05, 0) is 141 Å². The molecule has 2 bridgehead atoms. The molecule has 4 heterocycles. The van der Waals surface area contributed by atoms with Gasteiger partial charge in [0.2, 0.25) is 0 Å². The summed E-state index contributed by atoms with van der Waals surface area (Å²) in [5.74, 6) is 0.701. The normalized spacial score (nSPS) is 14.6. The van der Waals surface area contributed by atoms with Crippen LogP contribution in [-0.4, -0.2) is 35.3 Å². The summed E-state index contributed by atoms with van der Waals surface area (Å²) in [6, 6.07) is 32.4. The average molecular weight is 615 g/mol. The topological polar surface area (TPSA) is 112 Å². The van der Waals surface area contributed by atoms with E-state index in [1.54, 1.807) is 86.0 Å². The van der Waals surface area contributed by atoms with Crippen molar-refractivity contribution in [3.05, 3.63) is 186 Å². The zero-order chi connectivity index (χ0) is 32.2. The Morgan fingerprint density at radius 1 is 0.298 bits per heavy atom. The number of aromatic hydroxyl groups is 3. The Morgan fingerprint density at radius 2 is 0.532 bits per heavy atom. The zero-order valence-electron chi connectivity index (χ0n) is 25.2. The minimum Gasteiger partial charge on any atom is -0.508 e. The number of phenols is 3. The van der Waals surface area contributed by atoms with Crippen LogP contribution in [0.15, 0.2) is 153 Å². The monoisotopic (exact) mass is 614 g/mol. The molecule has 10 rings (SSSR count). The number of hydrogen-bond acceptors (Lipinski definition) is 7. The van der Waals surface area contributed by atoms with Crippen LogP contribution in [-0.2, 0) is 0 Å². The molecule has 47 heavy (non-hydrogen) atoms. The van der Waals surface area contributed by atoms with Crippen LogP contribution in [0.25, 0.3) is 22.3 Å². The fraction of sp³-hybridized carbons (Fsp3) is 0.0500. The summed E-state index contributed by atoms with van der Waals surface area (Å²) in [6.45, 7) is 0. The van der Waals surface area contributed by atoms with Crippen molar-refractivity contribution in [2.24, 2.45) is 0 Å². The predicted molar refractivity (Wildman–Crippen MR) is 181 cm³/mol. The van der Waals surface area contributed by atoms with E-state index >= 15 is 0 Å². The molecule has 4 aromatic heterocycles. The molecule has 0 radical (unpaired) electrons. The highest BCUT2D eigenvalue weighted by molar-refractivity contribution is 5.70. The first-order valence-electron chi connectivity index (χ1n) is 15.2. The van der Waals surface area contributed by atoms with E-state index in [1.165, 1.54) is 38.9 Å². The van der Waals surface area contributed by atoms with Crippen molar-refractivity contribution in [3.63, 3.8) is 0 Å². The predicted octanol–water partition coefficient (Wildman–Crippen LogP) is 8.08. The number of rotatable bonds is 2. The third-order valence-corrected chi connectivity index (χ3v) is 8.47. The van der Waals surface area contributed by atoms with Crippen LogP contribution in [0.3, 0.4) is 0 Å². The van der Waals surface area contributed by atoms with Crippen LogP contribution in [0.4, 0.5) is 0 Å². The molecule has 228 valence electrons. The lowest BCUT2D eigenvalue weighted by Crippen LogP contribution is -2.27. The van der Waals surface area contributed by atoms with Crippen LogP contribution >= 0.6 is 0 Å². The SMILES string of the molecule is Oc1ccc2c(c1)C1c3cc(O)ccc3C2c2ccc(O)cc21.c1cc(-c2ccncc2)ccn1.c1cc(-c2ccncc2)ccn1. The second-order valence-electron chi connectivity index (χ2n) is 11.2. The summed E-state index contributed by atoms with van der Waals surface area (Å²) >= 11 is 0. The van der Waals surface area contributed by atoms with Gasteiger partial charge in [0.15, 0.2) is 0 Å². The largest absolute Gasteiger partial charge is 0.508 e. The number of benzene rings is 3. The van der Waals surface area contributed by atoms with Crippen LogP contribution in [0.5, 0.6) is 17.2 Å². The van der Waals surface area contributed by atoms with Crippen molar-refractivity contribution in [1.82, 2.24) is 19.9 Å². The maximum Gasteiger partial charge on any atom is 0.115 e. The van der Waals surface area contributed by atoms with E-state index in [1.807, 2.05) is 66.7 Å². The molecule has 0 aliphatic heterocycles. The lowest BCUT2D eigenvalue weighted by Gasteiger charge is -2.42. The molecule has 7 heteroatoms. The first-order valence-corrected chi connectivity index (χ1v) is 15.2. The van der Waals surface area contributed by atoms with Gasteiger partial charge in [-0.2, -0.15) is 0 Å². The highest BCUT2D eigenvalue weighted by Crippen LogP contribution is 2.57. The van der Waals surface area contributed by atoms with E-state index in [0.717, 1.165) is 16.7 Å². The van der Waals surface area contributed by atoms with Crippen molar-refractivity contribution >= 4 is 0 Å². The van der Waals surface area contributed by atoms with Gasteiger partial charge in [0.05, 0.1) is 0 Å². The second kappa shape index (κ2) is 12.9. The van der Waals surface area contributed by atoms with Gasteiger partial charge in [-0.15, -0.1) is 0 Å². The molecule has 3 aliphatic rings. The molecule has 3 aliphatic carbocycles. The summed E-state index contributed by atoms with van der Waals surface area (Å²) in [7, 11) is 0. The fourth-order valence-electron chi connectivity index (χ4n) is 6.41. The van der Waals surface area contributed by atoms with E-state index < -0.39 is 0 Å². The summed E-state index contributed by atoms with van der Waals surface area (Å²) < 4.78 is 0. The highest BCUT2D eigenvalue weighted by Gasteiger charge is 2.41. The van der Waals surface area contributed by atoms with Crippen LogP contribution in [0.2, 0.25) is 0 Å². The number of aromatic nitrogens is 4. The third kappa shape index (κ3) is 6.02. The molecule has 0 atom stereocenters. The lowest BCUT2D eigenvalue weighted by molar-refractivity contribution is 0.470. The molecule has 0 spiro atoms. The Labute approximate surface area is 272 Å². The van der Waals surface area contributed by atoms with Crippen LogP contribution in [0.1, 0.15) is 45.2 Å². The molecule has 0 saturated carbocycles. The Balaban J connectivity index is 0.000000124. The molecule has 7 aromatic rings. The van der Waals surface area contributed by atoms with E-state index in [9.17, 15) is 15.3 Å². The minimum atomic E-state index is -0.0775. The first kappa shape index (κ1) is 29.4. The molecule has 0 unspecified atom stereocenters. The molecule has 7 nitrogen and oxygen atoms in total. The summed E-state index contributed by atoms with van der Waals surface area (Å²) in [6.07, 6.45) is 14.3. The van der Waals surface area contributed by atoms with Gasteiger partial charge < -0.3 is 15.3 Å². The number of pyridine rings is 4. The maximum absolute atomic E-state index is 9.92. The number of phenolic OH excluding ortho intramolecular Hbond substituents is 3. The Hall–Kier alpha value is -6.34. The molecular weight excluding hydrogens is 584 g/mol. The number of nitrogens with zero attached hydrogens (tertiary/aromatic N) is 4. The Bertz CT molecular complexity index is 1850. The van der Waals surface area contributed by atoms with E-state index in [2.05, 4.69) is 19.9 Å². The Morgan fingerprint density at radius 3 is 0.787 bits per heavy atom. The van der Waals surface area contributed by atoms with E-state index in [0.29, 0.717) is 0 Å². The van der Waals surface area contributed by atoms with Crippen molar-refractivity contribution in [2.45, 2.75) is 11.8 Å². The molecule has 0 fully saturated rings. The van der Waals surface area contributed by atoms with Gasteiger partial charge in [0.1, 0.15) is 17.2 Å². The number of hydrogen-bond donors (Lipinski definition) is 3. The van der Waals surface area contributed by atoms with Gasteiger partial charge in [0.25, 0.3) is 0 Å². The minimum absolute atomic E-state index is 0.0711. The fourth-order valence-corrected chi connectivity index (χ4v) is 6.41. The second-order valence-corrected chi connectivity index (χ2v) is 11.2. The molecular formula is C40H30N4O3. The van der Waals surface area contributed by atoms with Gasteiger partial charge >= 0.3 is 0 Å². The maximum atomic E-state index is 9.92. The van der Waals surface area contributed by atoms with Gasteiger partial charge in [0, 0.05) is 61.4 Å². The molecule has 3 aromatic carbocycles. The van der Waals surface area contributed by atoms with Gasteiger partial charge in [-0.1, -0.05) is 18.2 Å². The quantitative estimate of drug-likeness (QED) is 0.180. The summed E-state index contributed by atoms with van der Waals surface area (Å²) in [5.41, 5.74) is 11.4. The van der Waals surface area contributed by atoms with Crippen molar-refractivity contribution < 1.29 is 15.3 Å². The smallest absolute Gasteiger partial charge is 0.115 e. The highest BCUT2D eigenvalue weighted by atomic mass is 16.3. The third-order valence-electron chi connectivity index (χ3n) is 8.47. The molecule has 3 N–H and O–H groups in total. The molecule has 0 saturated heterocycles. The van der Waals surface area contributed by atoms with Gasteiger partial charge in [-0.3, -0.25) is 19.9 Å². The standard InChI is InChI=1S/C20H14O3.2C10H8N2/c21-10-1-4-13-16(7-10)20-17-8-11(22)2-5-14(17)19(13)15-6-3-12(23)9-18(15)20;2*1-5-11-6-2-9(1)10-3-7-12-8-4-10/h1-9,19-23H;2*1-8H. The van der Waals surface area contributed by atoms with E-state index in [-0.39, 0.29) is 29.1 Å². The van der Waals surface area contributed by atoms with Crippen LogP contribution in [0, 0.1) is 0 Å². The van der Waals surface area contributed by atoms with Crippen LogP contribution < -0.4 is 0 Å². The zero-order valence-corrected chi connectivity index (χ0v) is 25.2. The average Bonchev–Trinajstić information content (AvgIpc) is 3.13. The van der Waals surface area contributed by atoms with Gasteiger partial charge in [-0.25, -0.2) is 0 Å². The van der Waals surface area contributed by atoms with E-state index in [4.69, 9.17) is 0 Å². The lowest BCUT2D eigenvalue weighted by atomic mass is 9.61. The van der Waals surface area contributed by atoms with Crippen molar-refractivity contribution in [1.29, 1.82) is 0 Å². The molecule has 0 amide bonds. The Kier molecular flexibility index (Phi) is 8.09. The summed E-state index contributed by atoms with van der Waals surface area (Å²) in [4.78, 5) is 15.8. The first-order chi connectivity index (χ1) is 23.1. The van der Waals surface area contributed by atoms with Crippen molar-refractivity contribution in [2.75, 3.05) is 0 Å². The van der Waals surface area contributed by atoms with Crippen molar-refractivity contribution in [3.8, 4) is 39.5 Å².